The van der Waals surface area contributed by atoms with Crippen molar-refractivity contribution in [2.75, 3.05) is 6.61 Å². The smallest absolute Gasteiger partial charge is 0.391 e. The average Bonchev–Trinajstić information content (AvgIpc) is 2.34. The fourth-order valence-electron chi connectivity index (χ4n) is 1.76. The van der Waals surface area contributed by atoms with Crippen molar-refractivity contribution in [2.24, 2.45) is 11.8 Å². The molecular formula is C14H21F3OS. The van der Waals surface area contributed by atoms with Crippen molar-refractivity contribution in [1.82, 2.24) is 0 Å². The number of halogens is 3. The predicted octanol–water partition coefficient (Wildman–Crippen LogP) is 4.52. The molecule has 0 aliphatic rings. The highest BCUT2D eigenvalue weighted by molar-refractivity contribution is 7.84. The third-order valence-electron chi connectivity index (χ3n) is 3.37. The van der Waals surface area contributed by atoms with E-state index in [1.807, 2.05) is 6.92 Å². The fraction of sp³-hybridized carbons (Fsp3) is 0.571. The molecule has 0 fully saturated rings. The summed E-state index contributed by atoms with van der Waals surface area (Å²) in [7, 11) is 0. The van der Waals surface area contributed by atoms with Crippen LogP contribution in [0.25, 0.3) is 0 Å². The summed E-state index contributed by atoms with van der Waals surface area (Å²) in [5, 5.41) is 8.99. The minimum Gasteiger partial charge on any atom is -0.391 e. The molecule has 0 aromatic heterocycles. The molecular weight excluding hydrogens is 273 g/mol. The van der Waals surface area contributed by atoms with Gasteiger partial charge in [-0.1, -0.05) is 38.2 Å². The molecule has 1 N–H and O–H groups in total. The maximum Gasteiger partial charge on any atom is 0.412 e. The highest BCUT2D eigenvalue weighted by atomic mass is 32.1. The summed E-state index contributed by atoms with van der Waals surface area (Å²) in [6, 6.07) is 0. The van der Waals surface area contributed by atoms with Gasteiger partial charge in [0.25, 0.3) is 0 Å². The number of hydrogen-bond acceptors (Lipinski definition) is 2. The van der Waals surface area contributed by atoms with E-state index in [-0.39, 0.29) is 24.9 Å². The number of allylic oxidation sites excluding steroid dienone is 4. The van der Waals surface area contributed by atoms with E-state index in [1.165, 1.54) is 0 Å². The van der Waals surface area contributed by atoms with Gasteiger partial charge in [-0.05, 0) is 25.2 Å². The van der Waals surface area contributed by atoms with E-state index in [9.17, 15) is 13.2 Å². The highest BCUT2D eigenvalue weighted by Gasteiger charge is 2.34. The first kappa shape index (κ1) is 18.3. The minimum absolute atomic E-state index is 0.0828. The van der Waals surface area contributed by atoms with Crippen LogP contribution >= 0.6 is 12.6 Å². The van der Waals surface area contributed by atoms with Gasteiger partial charge < -0.3 is 5.11 Å². The molecule has 0 saturated heterocycles. The van der Waals surface area contributed by atoms with Crippen molar-refractivity contribution in [3.63, 3.8) is 0 Å². The number of alkyl halides is 3. The Bertz CT molecular complexity index is 369. The Morgan fingerprint density at radius 2 is 1.89 bits per heavy atom. The van der Waals surface area contributed by atoms with Crippen LogP contribution in [0.4, 0.5) is 13.2 Å². The van der Waals surface area contributed by atoms with E-state index in [1.54, 1.807) is 13.8 Å². The van der Waals surface area contributed by atoms with Crippen LogP contribution in [0.2, 0.25) is 0 Å². The molecule has 0 radical (unpaired) electrons. The van der Waals surface area contributed by atoms with Crippen molar-refractivity contribution < 1.29 is 18.3 Å². The third kappa shape index (κ3) is 5.87. The second-order valence-electron chi connectivity index (χ2n) is 4.68. The minimum atomic E-state index is -4.33. The van der Waals surface area contributed by atoms with E-state index in [4.69, 9.17) is 5.11 Å². The molecule has 0 spiro atoms. The lowest BCUT2D eigenvalue weighted by molar-refractivity contribution is -0.0954. The van der Waals surface area contributed by atoms with Crippen LogP contribution in [-0.4, -0.2) is 17.9 Å². The van der Waals surface area contributed by atoms with Gasteiger partial charge in [-0.25, -0.2) is 0 Å². The molecule has 2 atom stereocenters. The Balaban J connectivity index is 4.99. The van der Waals surface area contributed by atoms with Crippen LogP contribution in [0.5, 0.6) is 0 Å². The zero-order chi connectivity index (χ0) is 15.2. The van der Waals surface area contributed by atoms with E-state index in [2.05, 4.69) is 19.2 Å². The van der Waals surface area contributed by atoms with Crippen LogP contribution in [0.15, 0.2) is 34.8 Å². The summed E-state index contributed by atoms with van der Waals surface area (Å²) in [5.41, 5.74) is 0.234. The Morgan fingerprint density at radius 1 is 1.37 bits per heavy atom. The predicted molar refractivity (Wildman–Crippen MR) is 76.1 cm³/mol. The molecule has 0 rings (SSSR count). The van der Waals surface area contributed by atoms with E-state index in [0.717, 1.165) is 17.7 Å². The first-order valence-electron chi connectivity index (χ1n) is 6.03. The van der Waals surface area contributed by atoms with Crippen molar-refractivity contribution in [3.8, 4) is 0 Å². The maximum absolute atomic E-state index is 12.8. The zero-order valence-electron chi connectivity index (χ0n) is 11.5. The van der Waals surface area contributed by atoms with Gasteiger partial charge >= 0.3 is 6.18 Å². The van der Waals surface area contributed by atoms with Crippen LogP contribution in [-0.2, 0) is 0 Å². The van der Waals surface area contributed by atoms with Gasteiger partial charge in [0.1, 0.15) is 0 Å². The van der Waals surface area contributed by atoms with Crippen LogP contribution in [0.1, 0.15) is 27.2 Å². The number of aliphatic hydroxyl groups is 1. The Morgan fingerprint density at radius 3 is 2.26 bits per heavy atom. The molecule has 0 aromatic rings. The second kappa shape index (κ2) is 7.80. The van der Waals surface area contributed by atoms with Crippen molar-refractivity contribution in [2.45, 2.75) is 33.4 Å². The van der Waals surface area contributed by atoms with Crippen molar-refractivity contribution >= 4 is 12.6 Å². The fourth-order valence-corrected chi connectivity index (χ4v) is 1.96. The van der Waals surface area contributed by atoms with Gasteiger partial charge in [0.05, 0.1) is 6.61 Å². The van der Waals surface area contributed by atoms with Crippen molar-refractivity contribution in [3.05, 3.63) is 34.8 Å². The third-order valence-corrected chi connectivity index (χ3v) is 3.86. The molecule has 0 bridgehead atoms. The van der Waals surface area contributed by atoms with Crippen LogP contribution in [0, 0.1) is 11.8 Å². The number of rotatable bonds is 6. The lowest BCUT2D eigenvalue weighted by Gasteiger charge is -2.24. The van der Waals surface area contributed by atoms with Crippen molar-refractivity contribution in [1.29, 1.82) is 0 Å². The maximum atomic E-state index is 12.8. The molecule has 0 amide bonds. The molecule has 5 heteroatoms. The molecule has 19 heavy (non-hydrogen) atoms. The van der Waals surface area contributed by atoms with Gasteiger partial charge in [0.15, 0.2) is 0 Å². The van der Waals surface area contributed by atoms with Gasteiger partial charge in [-0.2, -0.15) is 13.2 Å². The number of hydrogen-bond donors (Lipinski definition) is 2. The molecule has 1 nitrogen and oxygen atoms in total. The number of thiol groups is 1. The summed E-state index contributed by atoms with van der Waals surface area (Å²) in [6.45, 7) is 8.50. The Labute approximate surface area is 118 Å². The summed E-state index contributed by atoms with van der Waals surface area (Å²) in [6.07, 6.45) is -2.25. The quantitative estimate of drug-likeness (QED) is 0.545. The first-order chi connectivity index (χ1) is 8.65. The average molecular weight is 294 g/mol. The number of aliphatic hydroxyl groups excluding tert-OH is 1. The van der Waals surface area contributed by atoms with Gasteiger partial charge in [-0.3, -0.25) is 0 Å². The molecule has 1 unspecified atom stereocenters. The topological polar surface area (TPSA) is 20.2 Å². The summed E-state index contributed by atoms with van der Waals surface area (Å²) in [5.74, 6) is -0.295. The molecule has 0 aromatic carbocycles. The zero-order valence-corrected chi connectivity index (χ0v) is 12.4. The molecule has 0 aliphatic carbocycles. The molecule has 0 saturated carbocycles. The molecule has 0 aliphatic heterocycles. The molecule has 110 valence electrons. The standard InChI is InChI=1S/C14H21F3OS/c1-5-6-12(14(15,16)17)7-9(2)10(3)11(4)13(19)8-18/h5-6,9-10,18-19H,1,7-8H2,2-4H3/b12-6+,13-11-/t9?,10-/m0/s1. The van der Waals surface area contributed by atoms with Gasteiger partial charge in [-0.15, -0.1) is 12.6 Å². The molecule has 0 heterocycles. The summed E-state index contributed by atoms with van der Waals surface area (Å²) in [4.78, 5) is 0.514. The monoisotopic (exact) mass is 294 g/mol. The summed E-state index contributed by atoms with van der Waals surface area (Å²) < 4.78 is 38.3. The van der Waals surface area contributed by atoms with E-state index in [0.29, 0.717) is 4.91 Å². The van der Waals surface area contributed by atoms with Crippen LogP contribution in [0.3, 0.4) is 0 Å². The van der Waals surface area contributed by atoms with Crippen LogP contribution < -0.4 is 0 Å². The summed E-state index contributed by atoms with van der Waals surface area (Å²) >= 11 is 4.12. The Hall–Kier alpha value is -0.680. The second-order valence-corrected chi connectivity index (χ2v) is 5.22. The highest BCUT2D eigenvalue weighted by Crippen LogP contribution is 2.35. The van der Waals surface area contributed by atoms with E-state index >= 15 is 0 Å². The van der Waals surface area contributed by atoms with Gasteiger partial charge in [0, 0.05) is 10.5 Å². The Kier molecular flexibility index (Phi) is 7.52. The van der Waals surface area contributed by atoms with E-state index < -0.39 is 11.7 Å². The largest absolute Gasteiger partial charge is 0.412 e. The lowest BCUT2D eigenvalue weighted by atomic mass is 9.84. The SMILES string of the molecule is C=C/C=C(\CC(C)[C@H](C)/C(C)=C(\S)CO)C(F)(F)F. The normalized spacial score (nSPS) is 17.8. The first-order valence-corrected chi connectivity index (χ1v) is 6.48. The lowest BCUT2D eigenvalue weighted by Crippen LogP contribution is -2.18. The van der Waals surface area contributed by atoms with Gasteiger partial charge in [0.2, 0.25) is 0 Å².